The Hall–Kier alpha value is -2.90. The minimum absolute atomic E-state index is 0.0200. The molecule has 2 aromatic rings. The maximum absolute atomic E-state index is 13.4. The molecule has 0 saturated carbocycles. The van der Waals surface area contributed by atoms with E-state index in [4.69, 9.17) is 9.84 Å². The van der Waals surface area contributed by atoms with E-state index in [1.54, 1.807) is 18.2 Å². The molecule has 1 heterocycles. The van der Waals surface area contributed by atoms with Crippen molar-refractivity contribution in [3.05, 3.63) is 64.7 Å². The summed E-state index contributed by atoms with van der Waals surface area (Å²) < 4.78 is 5.67. The van der Waals surface area contributed by atoms with Gasteiger partial charge in [0.05, 0.1) is 5.92 Å². The maximum atomic E-state index is 13.4. The second kappa shape index (κ2) is 7.90. The predicted octanol–water partition coefficient (Wildman–Crippen LogP) is -1.62. The van der Waals surface area contributed by atoms with Crippen LogP contribution in [0.2, 0.25) is 0 Å². The number of ketones is 1. The summed E-state index contributed by atoms with van der Waals surface area (Å²) in [6, 6.07) is 9.53. The van der Waals surface area contributed by atoms with Crippen molar-refractivity contribution in [3.8, 4) is 5.75 Å². The summed E-state index contributed by atoms with van der Waals surface area (Å²) in [6.45, 7) is -0.0461. The molecule has 0 aromatic heterocycles. The molecule has 2 aromatic carbocycles. The number of rotatable bonds is 6. The van der Waals surface area contributed by atoms with E-state index >= 15 is 0 Å². The van der Waals surface area contributed by atoms with Crippen LogP contribution in [0.25, 0.3) is 0 Å². The monoisotopic (exact) mass is 449 g/mol. The molecule has 0 saturated heterocycles. The Morgan fingerprint density at radius 3 is 2.19 bits per heavy atom. The number of carboxylic acid groups (broad SMARTS) is 1. The third-order valence-corrected chi connectivity index (χ3v) is 5.47. The van der Waals surface area contributed by atoms with Crippen LogP contribution in [0.15, 0.2) is 42.5 Å². The molecule has 11 nitrogen and oxygen atoms in total. The number of benzene rings is 2. The molecule has 7 N–H and O–H groups in total. The second-order valence-corrected chi connectivity index (χ2v) is 7.72. The van der Waals surface area contributed by atoms with Gasteiger partial charge in [-0.25, -0.2) is 4.79 Å². The number of hydrogen-bond donors (Lipinski definition) is 7. The Labute approximate surface area is 182 Å². The quantitative estimate of drug-likeness (QED) is 0.251. The van der Waals surface area contributed by atoms with Crippen molar-refractivity contribution in [2.24, 2.45) is 0 Å². The Kier molecular flexibility index (Phi) is 5.87. The van der Waals surface area contributed by atoms with Crippen LogP contribution in [0.3, 0.4) is 0 Å². The van der Waals surface area contributed by atoms with Crippen molar-refractivity contribution >= 4 is 11.8 Å². The fourth-order valence-corrected chi connectivity index (χ4v) is 3.48. The molecule has 1 unspecified atom stereocenters. The molecule has 0 radical (unpaired) electrons. The first-order chi connectivity index (χ1) is 14.7. The minimum atomic E-state index is -3.71. The summed E-state index contributed by atoms with van der Waals surface area (Å²) in [5, 5.41) is 70.5. The smallest absolute Gasteiger partial charge is 0.369 e. The first kappa shape index (κ1) is 23.8. The van der Waals surface area contributed by atoms with E-state index in [1.807, 2.05) is 0 Å². The van der Waals surface area contributed by atoms with E-state index in [2.05, 4.69) is 0 Å². The van der Waals surface area contributed by atoms with Crippen molar-refractivity contribution < 1.29 is 50.1 Å². The number of carboxylic acids is 1. The van der Waals surface area contributed by atoms with Crippen LogP contribution in [0.5, 0.6) is 5.75 Å². The van der Waals surface area contributed by atoms with Crippen molar-refractivity contribution in [3.63, 3.8) is 0 Å². The summed E-state index contributed by atoms with van der Waals surface area (Å²) in [6.07, 6.45) is 0. The number of nitrogens with zero attached hydrogens (tertiary/aromatic N) is 1. The number of ether oxygens (including phenoxy) is 1. The van der Waals surface area contributed by atoms with Crippen molar-refractivity contribution in [1.82, 2.24) is 4.90 Å². The molecule has 1 atom stereocenters. The lowest BCUT2D eigenvalue weighted by molar-refractivity contribution is -0.386. The summed E-state index contributed by atoms with van der Waals surface area (Å²) in [5.74, 6) is -15.5. The maximum Gasteiger partial charge on any atom is 0.369 e. The van der Waals surface area contributed by atoms with Crippen LogP contribution in [-0.2, 0) is 22.0 Å². The molecule has 0 amide bonds. The average Bonchev–Trinajstić information content (AvgIpc) is 2.89. The topological polar surface area (TPSA) is 188 Å². The van der Waals surface area contributed by atoms with Gasteiger partial charge in [0.25, 0.3) is 17.5 Å². The molecular weight excluding hydrogens is 426 g/mol. The van der Waals surface area contributed by atoms with E-state index in [0.29, 0.717) is 10.5 Å². The highest BCUT2D eigenvalue weighted by Gasteiger charge is 2.58. The Morgan fingerprint density at radius 2 is 1.59 bits per heavy atom. The van der Waals surface area contributed by atoms with E-state index in [-0.39, 0.29) is 23.5 Å². The molecule has 172 valence electrons. The first-order valence-electron chi connectivity index (χ1n) is 9.37. The molecule has 0 bridgehead atoms. The van der Waals surface area contributed by atoms with Gasteiger partial charge in [-0.1, -0.05) is 24.3 Å². The fraction of sp³-hybridized carbons (Fsp3) is 0.333. The third-order valence-electron chi connectivity index (χ3n) is 5.47. The number of likely N-dealkylation sites (N-methyl/N-ethyl adjacent to an activating group) is 1. The highest BCUT2D eigenvalue weighted by atomic mass is 16.6. The standard InChI is InChI=1S/C21H23NO10/c1-22(2)21(30,31)20(28,29)17(23)16-13-6-4-3-5-11(13)10-32-15-8-7-12(9-14(15)16)19(26,27)18(24)25/h3-9,16,26-31H,10H2,1-2H3,(H,24,25). The Balaban J connectivity index is 2.28. The number of fused-ring (bicyclic) bond motifs is 2. The highest BCUT2D eigenvalue weighted by Crippen LogP contribution is 2.42. The number of carbonyl (C=O) groups excluding carboxylic acids is 1. The van der Waals surface area contributed by atoms with Gasteiger partial charge >= 0.3 is 5.97 Å². The van der Waals surface area contributed by atoms with Crippen molar-refractivity contribution in [2.45, 2.75) is 30.0 Å². The molecule has 0 fully saturated rings. The number of aliphatic carboxylic acids is 1. The van der Waals surface area contributed by atoms with Gasteiger partial charge in [0, 0.05) is 11.1 Å². The molecule has 11 heteroatoms. The van der Waals surface area contributed by atoms with Crippen LogP contribution < -0.4 is 4.74 Å². The number of hydrogen-bond acceptors (Lipinski definition) is 10. The van der Waals surface area contributed by atoms with E-state index in [1.165, 1.54) is 12.1 Å². The summed E-state index contributed by atoms with van der Waals surface area (Å²) in [5.41, 5.74) is 0.0153. The number of Topliss-reactive ketones (excluding diaryl/α,β-unsaturated/α-hetero) is 1. The lowest BCUT2D eigenvalue weighted by Crippen LogP contribution is -2.67. The zero-order chi connectivity index (χ0) is 24.1. The highest BCUT2D eigenvalue weighted by molar-refractivity contribution is 5.96. The van der Waals surface area contributed by atoms with Gasteiger partial charge in [0.1, 0.15) is 12.4 Å². The molecule has 1 aliphatic heterocycles. The van der Waals surface area contributed by atoms with E-state index in [9.17, 15) is 40.2 Å². The van der Waals surface area contributed by atoms with Gasteiger partial charge in [-0.2, -0.15) is 0 Å². The predicted molar refractivity (Wildman–Crippen MR) is 106 cm³/mol. The van der Waals surface area contributed by atoms with Gasteiger partial charge in [-0.3, -0.25) is 9.69 Å². The molecule has 0 aliphatic carbocycles. The van der Waals surface area contributed by atoms with Crippen LogP contribution in [0.1, 0.15) is 28.2 Å². The van der Waals surface area contributed by atoms with E-state index in [0.717, 1.165) is 26.2 Å². The van der Waals surface area contributed by atoms with Gasteiger partial charge in [0.2, 0.25) is 5.78 Å². The zero-order valence-corrected chi connectivity index (χ0v) is 17.1. The Bertz CT molecular complexity index is 1060. The fourth-order valence-electron chi connectivity index (χ4n) is 3.48. The minimum Gasteiger partial charge on any atom is -0.489 e. The van der Waals surface area contributed by atoms with Crippen LogP contribution in [-0.4, -0.2) is 78.2 Å². The normalized spacial score (nSPS) is 16.6. The van der Waals surface area contributed by atoms with Crippen molar-refractivity contribution in [1.29, 1.82) is 0 Å². The van der Waals surface area contributed by atoms with Gasteiger partial charge < -0.3 is 40.5 Å². The molecule has 32 heavy (non-hydrogen) atoms. The van der Waals surface area contributed by atoms with Gasteiger partial charge in [0.15, 0.2) is 0 Å². The molecule has 0 spiro atoms. The second-order valence-electron chi connectivity index (χ2n) is 7.72. The van der Waals surface area contributed by atoms with Crippen LogP contribution in [0, 0.1) is 0 Å². The largest absolute Gasteiger partial charge is 0.489 e. The summed E-state index contributed by atoms with van der Waals surface area (Å²) in [7, 11) is 2.20. The molecular formula is C21H23NO10. The number of aliphatic hydroxyl groups is 6. The van der Waals surface area contributed by atoms with Gasteiger partial charge in [-0.05, 0) is 43.4 Å². The van der Waals surface area contributed by atoms with E-state index < -0.39 is 40.7 Å². The third kappa shape index (κ3) is 3.65. The first-order valence-corrected chi connectivity index (χ1v) is 9.37. The van der Waals surface area contributed by atoms with Gasteiger partial charge in [-0.15, -0.1) is 0 Å². The molecule has 1 aliphatic rings. The summed E-state index contributed by atoms with van der Waals surface area (Å²) >= 11 is 0. The van der Waals surface area contributed by atoms with Crippen molar-refractivity contribution in [2.75, 3.05) is 14.1 Å². The molecule has 3 rings (SSSR count). The lowest BCUT2D eigenvalue weighted by atomic mass is 9.80. The van der Waals surface area contributed by atoms with Crippen LogP contribution in [0.4, 0.5) is 0 Å². The SMILES string of the molecule is CN(C)C(O)(O)C(O)(O)C(=O)C1c2ccccc2COc2ccc(C(O)(O)C(=O)O)cc21. The number of carbonyl (C=O) groups is 2. The van der Waals surface area contributed by atoms with Crippen LogP contribution >= 0.6 is 0 Å². The summed E-state index contributed by atoms with van der Waals surface area (Å²) in [4.78, 5) is 25.3. The Morgan fingerprint density at radius 1 is 0.969 bits per heavy atom. The lowest BCUT2D eigenvalue weighted by Gasteiger charge is -2.39. The zero-order valence-electron chi connectivity index (χ0n) is 17.1. The average molecular weight is 449 g/mol.